The Morgan fingerprint density at radius 3 is 2.67 bits per heavy atom. The fraction of sp³-hybridized carbons (Fsp3) is 0.176. The molecule has 0 aliphatic heterocycles. The monoisotopic (exact) mass is 378 g/mol. The zero-order chi connectivity index (χ0) is 17.3. The van der Waals surface area contributed by atoms with Crippen LogP contribution >= 0.6 is 34.7 Å². The first kappa shape index (κ1) is 17.1. The van der Waals surface area contributed by atoms with E-state index >= 15 is 0 Å². The van der Waals surface area contributed by atoms with Gasteiger partial charge < -0.3 is 9.88 Å². The van der Waals surface area contributed by atoms with Crippen LogP contribution in [0.5, 0.6) is 0 Å². The van der Waals surface area contributed by atoms with Crippen LogP contribution in [0.2, 0.25) is 5.02 Å². The molecular formula is C17H15ClN2O2S2. The fourth-order valence-electron chi connectivity index (χ4n) is 2.23. The first-order valence-corrected chi connectivity index (χ1v) is 9.34. The van der Waals surface area contributed by atoms with E-state index in [4.69, 9.17) is 11.6 Å². The Balaban J connectivity index is 1.71. The van der Waals surface area contributed by atoms with Crippen LogP contribution in [0.1, 0.15) is 6.92 Å². The first-order valence-electron chi connectivity index (χ1n) is 7.27. The van der Waals surface area contributed by atoms with E-state index in [-0.39, 0.29) is 16.0 Å². The van der Waals surface area contributed by atoms with Gasteiger partial charge >= 0.3 is 4.87 Å². The van der Waals surface area contributed by atoms with E-state index < -0.39 is 0 Å². The number of nitrogens with one attached hydrogen (secondary N) is 1. The number of fused-ring (bicyclic) bond motifs is 1. The molecule has 1 heterocycles. The van der Waals surface area contributed by atoms with Crippen LogP contribution in [0.4, 0.5) is 5.69 Å². The maximum absolute atomic E-state index is 12.4. The van der Waals surface area contributed by atoms with E-state index in [1.807, 2.05) is 37.3 Å². The maximum Gasteiger partial charge on any atom is 0.307 e. The Morgan fingerprint density at radius 2 is 1.96 bits per heavy atom. The number of hydrogen-bond donors (Lipinski definition) is 1. The van der Waals surface area contributed by atoms with Gasteiger partial charge in [0.2, 0.25) is 5.91 Å². The molecule has 0 fully saturated rings. The molecule has 1 N–H and O–H groups in total. The van der Waals surface area contributed by atoms with Gasteiger partial charge in [0.15, 0.2) is 0 Å². The minimum Gasteiger partial charge on any atom is -0.325 e. The van der Waals surface area contributed by atoms with Crippen LogP contribution in [0, 0.1) is 0 Å². The summed E-state index contributed by atoms with van der Waals surface area (Å²) in [6.45, 7) is 1.86. The van der Waals surface area contributed by atoms with Gasteiger partial charge in [0.1, 0.15) is 0 Å². The van der Waals surface area contributed by atoms with E-state index in [9.17, 15) is 9.59 Å². The molecule has 1 amide bonds. The third kappa shape index (κ3) is 3.66. The number of thiazole rings is 1. The number of aromatic nitrogens is 1. The highest BCUT2D eigenvalue weighted by Gasteiger charge is 2.15. The number of aryl methyl sites for hydroxylation is 1. The van der Waals surface area contributed by atoms with Gasteiger partial charge in [-0.25, -0.2) is 0 Å². The molecule has 0 saturated heterocycles. The minimum atomic E-state index is -0.253. The quantitative estimate of drug-likeness (QED) is 0.686. The number of thioether (sulfide) groups is 1. The maximum atomic E-state index is 12.4. The van der Waals surface area contributed by atoms with Crippen LogP contribution in [0.3, 0.4) is 0 Å². The van der Waals surface area contributed by atoms with Gasteiger partial charge in [0, 0.05) is 22.7 Å². The van der Waals surface area contributed by atoms with Gasteiger partial charge in [-0.3, -0.25) is 9.59 Å². The average Bonchev–Trinajstić information content (AvgIpc) is 2.83. The topological polar surface area (TPSA) is 51.1 Å². The Morgan fingerprint density at radius 1 is 1.25 bits per heavy atom. The SMILES string of the molecule is C[C@@H](Sc1ccc(Cl)cc1)C(=O)Nc1ccc2c(c1)sc(=O)n2C. The lowest BCUT2D eigenvalue weighted by molar-refractivity contribution is -0.115. The molecule has 3 aromatic rings. The summed E-state index contributed by atoms with van der Waals surface area (Å²) >= 11 is 8.51. The number of carbonyl (C=O) groups excluding carboxylic acids is 1. The standard InChI is InChI=1S/C17H15ClN2O2S2/c1-10(23-13-6-3-11(18)4-7-13)16(21)19-12-5-8-14-15(9-12)24-17(22)20(14)2/h3-10H,1-2H3,(H,19,21)/t10-/m1/s1. The molecule has 7 heteroatoms. The van der Waals surface area contributed by atoms with Gasteiger partial charge in [-0.1, -0.05) is 22.9 Å². The summed E-state index contributed by atoms with van der Waals surface area (Å²) in [4.78, 5) is 25.0. The van der Waals surface area contributed by atoms with Crippen LogP contribution in [-0.2, 0) is 11.8 Å². The molecule has 0 unspecified atom stereocenters. The first-order chi connectivity index (χ1) is 11.4. The summed E-state index contributed by atoms with van der Waals surface area (Å²) in [6.07, 6.45) is 0. The van der Waals surface area contributed by atoms with Gasteiger partial charge in [-0.15, -0.1) is 11.8 Å². The van der Waals surface area contributed by atoms with E-state index in [1.165, 1.54) is 23.1 Å². The molecule has 4 nitrogen and oxygen atoms in total. The fourth-order valence-corrected chi connectivity index (χ4v) is 4.14. The lowest BCUT2D eigenvalue weighted by Crippen LogP contribution is -2.22. The number of benzene rings is 2. The van der Waals surface area contributed by atoms with E-state index in [0.29, 0.717) is 10.7 Å². The second kappa shape index (κ2) is 7.01. The predicted molar refractivity (Wildman–Crippen MR) is 102 cm³/mol. The summed E-state index contributed by atoms with van der Waals surface area (Å²) < 4.78 is 2.46. The molecule has 0 saturated carbocycles. The van der Waals surface area contributed by atoms with Crippen molar-refractivity contribution in [1.29, 1.82) is 0 Å². The smallest absolute Gasteiger partial charge is 0.307 e. The number of rotatable bonds is 4. The Bertz CT molecular complexity index is 947. The molecule has 1 atom stereocenters. The zero-order valence-electron chi connectivity index (χ0n) is 13.1. The van der Waals surface area contributed by atoms with Crippen LogP contribution in [0.25, 0.3) is 10.2 Å². The number of carbonyl (C=O) groups is 1. The summed E-state index contributed by atoms with van der Waals surface area (Å²) in [6, 6.07) is 12.9. The van der Waals surface area contributed by atoms with Crippen molar-refractivity contribution in [2.24, 2.45) is 7.05 Å². The van der Waals surface area contributed by atoms with Gasteiger partial charge in [-0.2, -0.15) is 0 Å². The summed E-state index contributed by atoms with van der Waals surface area (Å²) in [7, 11) is 1.74. The number of amides is 1. The Labute approximate surface area is 152 Å². The third-order valence-electron chi connectivity index (χ3n) is 3.56. The summed E-state index contributed by atoms with van der Waals surface area (Å²) in [5.41, 5.74) is 1.56. The molecule has 1 aromatic heterocycles. The molecule has 0 aliphatic rings. The highest BCUT2D eigenvalue weighted by atomic mass is 35.5. The molecular weight excluding hydrogens is 364 g/mol. The van der Waals surface area contributed by atoms with Crippen molar-refractivity contribution < 1.29 is 4.79 Å². The van der Waals surface area contributed by atoms with Crippen molar-refractivity contribution in [3.8, 4) is 0 Å². The molecule has 0 aliphatic carbocycles. The number of halogens is 1. The van der Waals surface area contributed by atoms with Crippen LogP contribution < -0.4 is 10.2 Å². The van der Waals surface area contributed by atoms with Crippen molar-refractivity contribution >= 4 is 56.5 Å². The van der Waals surface area contributed by atoms with Crippen molar-refractivity contribution in [1.82, 2.24) is 4.57 Å². The lowest BCUT2D eigenvalue weighted by atomic mass is 10.3. The largest absolute Gasteiger partial charge is 0.325 e. The van der Waals surface area contributed by atoms with Crippen molar-refractivity contribution in [3.63, 3.8) is 0 Å². The average molecular weight is 379 g/mol. The molecule has 24 heavy (non-hydrogen) atoms. The third-order valence-corrected chi connectivity index (χ3v) is 5.91. The van der Waals surface area contributed by atoms with Crippen LogP contribution in [0.15, 0.2) is 52.2 Å². The number of nitrogens with zero attached hydrogens (tertiary/aromatic N) is 1. The minimum absolute atomic E-state index is 0.0138. The zero-order valence-corrected chi connectivity index (χ0v) is 15.5. The summed E-state index contributed by atoms with van der Waals surface area (Å²) in [5.74, 6) is -0.0856. The number of hydrogen-bond acceptors (Lipinski definition) is 4. The molecule has 0 radical (unpaired) electrons. The highest BCUT2D eigenvalue weighted by Crippen LogP contribution is 2.26. The van der Waals surface area contributed by atoms with Crippen molar-refractivity contribution in [3.05, 3.63) is 57.2 Å². The van der Waals surface area contributed by atoms with E-state index in [2.05, 4.69) is 5.32 Å². The van der Waals surface area contributed by atoms with Gasteiger partial charge in [0.25, 0.3) is 0 Å². The van der Waals surface area contributed by atoms with Crippen molar-refractivity contribution in [2.45, 2.75) is 17.1 Å². The predicted octanol–water partition coefficient (Wildman–Crippen LogP) is 4.37. The normalized spacial score (nSPS) is 12.3. The van der Waals surface area contributed by atoms with E-state index in [0.717, 1.165) is 15.1 Å². The second-order valence-electron chi connectivity index (χ2n) is 5.31. The lowest BCUT2D eigenvalue weighted by Gasteiger charge is -2.12. The highest BCUT2D eigenvalue weighted by molar-refractivity contribution is 8.00. The van der Waals surface area contributed by atoms with Gasteiger partial charge in [-0.05, 0) is 49.4 Å². The Hall–Kier alpha value is -1.76. The molecule has 2 aromatic carbocycles. The van der Waals surface area contributed by atoms with E-state index in [1.54, 1.807) is 23.7 Å². The molecule has 3 rings (SSSR count). The van der Waals surface area contributed by atoms with Crippen LogP contribution in [-0.4, -0.2) is 15.7 Å². The Kier molecular flexibility index (Phi) is 4.99. The molecule has 124 valence electrons. The molecule has 0 spiro atoms. The second-order valence-corrected chi connectivity index (χ2v) is 8.16. The number of anilines is 1. The summed E-state index contributed by atoms with van der Waals surface area (Å²) in [5, 5.41) is 3.32. The van der Waals surface area contributed by atoms with Crippen molar-refractivity contribution in [2.75, 3.05) is 5.32 Å². The van der Waals surface area contributed by atoms with Gasteiger partial charge in [0.05, 0.1) is 15.5 Å². The molecule has 0 bridgehead atoms.